The highest BCUT2D eigenvalue weighted by molar-refractivity contribution is 5.93. The number of hydrogen-bond acceptors (Lipinski definition) is 5. The Kier molecular flexibility index (Phi) is 3.89. The Morgan fingerprint density at radius 3 is 2.20 bits per heavy atom. The molecule has 1 heterocycles. The molecule has 4 bridgehead atoms. The van der Waals surface area contributed by atoms with Crippen molar-refractivity contribution in [1.82, 2.24) is 10.5 Å². The van der Waals surface area contributed by atoms with Crippen molar-refractivity contribution >= 4 is 11.9 Å². The summed E-state index contributed by atoms with van der Waals surface area (Å²) in [5, 5.41) is 7.01. The first-order chi connectivity index (χ1) is 11.8. The third-order valence-corrected chi connectivity index (χ3v) is 6.32. The fourth-order valence-electron chi connectivity index (χ4n) is 5.67. The number of carbonyl (C=O) groups is 2. The van der Waals surface area contributed by atoms with Gasteiger partial charge in [0.15, 0.2) is 6.10 Å². The third kappa shape index (κ3) is 2.96. The van der Waals surface area contributed by atoms with Crippen LogP contribution in [0.2, 0.25) is 0 Å². The number of aryl methyl sites for hydroxylation is 2. The zero-order chi connectivity index (χ0) is 17.8. The van der Waals surface area contributed by atoms with Crippen molar-refractivity contribution in [3.63, 3.8) is 0 Å². The van der Waals surface area contributed by atoms with Gasteiger partial charge in [-0.2, -0.15) is 0 Å². The molecule has 25 heavy (non-hydrogen) atoms. The number of ether oxygens (including phenoxy) is 1. The molecule has 1 amide bonds. The van der Waals surface area contributed by atoms with Crippen LogP contribution in [0.25, 0.3) is 0 Å². The second-order valence-corrected chi connectivity index (χ2v) is 8.43. The van der Waals surface area contributed by atoms with Gasteiger partial charge in [0, 0.05) is 5.54 Å². The summed E-state index contributed by atoms with van der Waals surface area (Å²) < 4.78 is 10.4. The number of aromatic nitrogens is 1. The molecule has 0 spiro atoms. The molecule has 1 aromatic rings. The molecule has 6 heteroatoms. The van der Waals surface area contributed by atoms with Gasteiger partial charge >= 0.3 is 5.97 Å². The smallest absolute Gasteiger partial charge is 0.344 e. The van der Waals surface area contributed by atoms with Crippen LogP contribution in [0.3, 0.4) is 0 Å². The third-order valence-electron chi connectivity index (χ3n) is 6.32. The second kappa shape index (κ2) is 5.85. The van der Waals surface area contributed by atoms with E-state index in [0.717, 1.165) is 37.0 Å². The fourth-order valence-corrected chi connectivity index (χ4v) is 5.67. The Bertz CT molecular complexity index is 653. The van der Waals surface area contributed by atoms with E-state index in [4.69, 9.17) is 9.26 Å². The molecule has 136 valence electrons. The van der Waals surface area contributed by atoms with Crippen LogP contribution in [0.4, 0.5) is 0 Å². The van der Waals surface area contributed by atoms with Gasteiger partial charge in [-0.3, -0.25) is 4.79 Å². The van der Waals surface area contributed by atoms with Gasteiger partial charge in [-0.15, -0.1) is 0 Å². The lowest BCUT2D eigenvalue weighted by atomic mass is 9.53. The number of carbonyl (C=O) groups excluding carboxylic acids is 2. The Hall–Kier alpha value is -1.85. The molecule has 0 saturated heterocycles. The molecule has 1 N–H and O–H groups in total. The summed E-state index contributed by atoms with van der Waals surface area (Å²) in [6.07, 6.45) is 6.39. The maximum absolute atomic E-state index is 12.7. The van der Waals surface area contributed by atoms with Gasteiger partial charge in [0.1, 0.15) is 11.3 Å². The number of esters is 1. The summed E-state index contributed by atoms with van der Waals surface area (Å²) in [7, 11) is 0. The average Bonchev–Trinajstić information content (AvgIpc) is 2.84. The zero-order valence-corrected chi connectivity index (χ0v) is 15.1. The van der Waals surface area contributed by atoms with Crippen molar-refractivity contribution in [3.05, 3.63) is 17.0 Å². The molecule has 5 rings (SSSR count). The maximum Gasteiger partial charge on any atom is 0.344 e. The molecule has 4 aliphatic rings. The highest BCUT2D eigenvalue weighted by Crippen LogP contribution is 2.55. The van der Waals surface area contributed by atoms with Crippen LogP contribution >= 0.6 is 0 Å². The van der Waals surface area contributed by atoms with Gasteiger partial charge in [0.05, 0.1) is 5.69 Å². The minimum Gasteiger partial charge on any atom is -0.449 e. The van der Waals surface area contributed by atoms with Crippen molar-refractivity contribution < 1.29 is 18.8 Å². The molecule has 0 radical (unpaired) electrons. The quantitative estimate of drug-likeness (QED) is 0.848. The molecule has 4 aliphatic carbocycles. The summed E-state index contributed by atoms with van der Waals surface area (Å²) in [4.78, 5) is 25.0. The molecule has 1 atom stereocenters. The van der Waals surface area contributed by atoms with Crippen LogP contribution in [0.15, 0.2) is 4.52 Å². The predicted octanol–water partition coefficient (Wildman–Crippen LogP) is 2.92. The van der Waals surface area contributed by atoms with E-state index in [9.17, 15) is 9.59 Å². The molecule has 4 fully saturated rings. The number of nitrogens with zero attached hydrogens (tertiary/aromatic N) is 1. The number of nitrogens with one attached hydrogen (secondary N) is 1. The molecular weight excluding hydrogens is 320 g/mol. The van der Waals surface area contributed by atoms with Crippen molar-refractivity contribution in [2.45, 2.75) is 70.9 Å². The first-order valence-corrected chi connectivity index (χ1v) is 9.31. The minimum atomic E-state index is -0.825. The van der Waals surface area contributed by atoms with Gasteiger partial charge in [-0.05, 0) is 77.0 Å². The van der Waals surface area contributed by atoms with E-state index in [1.165, 1.54) is 19.3 Å². The Morgan fingerprint density at radius 2 is 1.72 bits per heavy atom. The van der Waals surface area contributed by atoms with E-state index >= 15 is 0 Å². The first kappa shape index (κ1) is 16.6. The van der Waals surface area contributed by atoms with E-state index < -0.39 is 12.1 Å². The molecule has 6 nitrogen and oxygen atoms in total. The van der Waals surface area contributed by atoms with Crippen LogP contribution < -0.4 is 5.32 Å². The minimum absolute atomic E-state index is 0.0739. The molecule has 0 unspecified atom stereocenters. The van der Waals surface area contributed by atoms with Crippen LogP contribution in [0.5, 0.6) is 0 Å². The SMILES string of the molecule is Cc1noc(C)c1C(=O)O[C@@H](C)C(=O)NC12CC3CC(CC(C3)C1)C2. The van der Waals surface area contributed by atoms with Crippen LogP contribution in [0.1, 0.15) is 67.3 Å². The highest BCUT2D eigenvalue weighted by Gasteiger charge is 2.51. The summed E-state index contributed by atoms with van der Waals surface area (Å²) in [6.45, 7) is 4.98. The van der Waals surface area contributed by atoms with Gasteiger partial charge in [-0.1, -0.05) is 5.16 Å². The van der Waals surface area contributed by atoms with Crippen molar-refractivity contribution in [2.24, 2.45) is 17.8 Å². The van der Waals surface area contributed by atoms with E-state index in [2.05, 4.69) is 10.5 Å². The van der Waals surface area contributed by atoms with E-state index in [0.29, 0.717) is 17.0 Å². The normalized spacial score (nSPS) is 34.0. The van der Waals surface area contributed by atoms with Gasteiger partial charge < -0.3 is 14.6 Å². The number of hydrogen-bond donors (Lipinski definition) is 1. The highest BCUT2D eigenvalue weighted by atomic mass is 16.5. The number of amides is 1. The molecule has 1 aromatic heterocycles. The second-order valence-electron chi connectivity index (χ2n) is 8.43. The van der Waals surface area contributed by atoms with Gasteiger partial charge in [0.25, 0.3) is 5.91 Å². The summed E-state index contributed by atoms with van der Waals surface area (Å²) in [5.41, 5.74) is 0.723. The molecule has 0 aliphatic heterocycles. The number of rotatable bonds is 4. The monoisotopic (exact) mass is 346 g/mol. The van der Waals surface area contributed by atoms with Gasteiger partial charge in [-0.25, -0.2) is 4.79 Å². The van der Waals surface area contributed by atoms with E-state index in [1.54, 1.807) is 20.8 Å². The zero-order valence-electron chi connectivity index (χ0n) is 15.1. The summed E-state index contributed by atoms with van der Waals surface area (Å²) in [5.74, 6) is 1.94. The van der Waals surface area contributed by atoms with Crippen molar-refractivity contribution in [1.29, 1.82) is 0 Å². The Morgan fingerprint density at radius 1 is 1.16 bits per heavy atom. The summed E-state index contributed by atoms with van der Waals surface area (Å²) >= 11 is 0. The Labute approximate surface area is 147 Å². The maximum atomic E-state index is 12.7. The van der Waals surface area contributed by atoms with Crippen molar-refractivity contribution in [2.75, 3.05) is 0 Å². The van der Waals surface area contributed by atoms with E-state index in [1.807, 2.05) is 0 Å². The standard InChI is InChI=1S/C19H26N2O4/c1-10-16(11(2)25-21-10)18(23)24-12(3)17(22)20-19-7-13-4-14(8-19)6-15(5-13)9-19/h12-15H,4-9H2,1-3H3,(H,20,22)/t12-,13?,14?,15?,19?/m0/s1. The fraction of sp³-hybridized carbons (Fsp3) is 0.737. The first-order valence-electron chi connectivity index (χ1n) is 9.31. The largest absolute Gasteiger partial charge is 0.449 e. The lowest BCUT2D eigenvalue weighted by molar-refractivity contribution is -0.134. The van der Waals surface area contributed by atoms with Crippen molar-refractivity contribution in [3.8, 4) is 0 Å². The summed E-state index contributed by atoms with van der Waals surface area (Å²) in [6, 6.07) is 0. The van der Waals surface area contributed by atoms with E-state index in [-0.39, 0.29) is 11.4 Å². The lowest BCUT2D eigenvalue weighted by Crippen LogP contribution is -2.61. The molecular formula is C19H26N2O4. The molecule has 0 aromatic carbocycles. The van der Waals surface area contributed by atoms with Crippen LogP contribution in [-0.2, 0) is 9.53 Å². The van der Waals surface area contributed by atoms with Crippen LogP contribution in [-0.4, -0.2) is 28.7 Å². The predicted molar refractivity (Wildman–Crippen MR) is 89.9 cm³/mol. The topological polar surface area (TPSA) is 81.4 Å². The molecule has 4 saturated carbocycles. The van der Waals surface area contributed by atoms with Gasteiger partial charge in [0.2, 0.25) is 0 Å². The van der Waals surface area contributed by atoms with Crippen LogP contribution in [0, 0.1) is 31.6 Å². The Balaban J connectivity index is 1.40. The lowest BCUT2D eigenvalue weighted by Gasteiger charge is -2.57. The average molecular weight is 346 g/mol.